The highest BCUT2D eigenvalue weighted by Crippen LogP contribution is 2.32. The highest BCUT2D eigenvalue weighted by atomic mass is 16.5. The van der Waals surface area contributed by atoms with Gasteiger partial charge in [0.05, 0.1) is 32.1 Å². The maximum Gasteiger partial charge on any atom is 0.408 e. The lowest BCUT2D eigenvalue weighted by Crippen LogP contribution is -2.57. The van der Waals surface area contributed by atoms with E-state index in [2.05, 4.69) is 10.3 Å². The van der Waals surface area contributed by atoms with Crippen molar-refractivity contribution >= 4 is 17.7 Å². The van der Waals surface area contributed by atoms with Crippen LogP contribution in [0.2, 0.25) is 0 Å². The van der Waals surface area contributed by atoms with E-state index in [1.807, 2.05) is 30.3 Å². The van der Waals surface area contributed by atoms with Crippen molar-refractivity contribution < 1.29 is 28.6 Å². The highest BCUT2D eigenvalue weighted by Gasteiger charge is 2.38. The first-order valence-electron chi connectivity index (χ1n) is 10.7. The maximum absolute atomic E-state index is 13.3. The zero-order chi connectivity index (χ0) is 24.7. The van der Waals surface area contributed by atoms with Gasteiger partial charge >= 0.3 is 6.09 Å². The molecule has 0 spiro atoms. The lowest BCUT2D eigenvalue weighted by Gasteiger charge is -2.38. The molecule has 2 amide bonds. The zero-order valence-corrected chi connectivity index (χ0v) is 19.6. The average molecular weight is 468 g/mol. The van der Waals surface area contributed by atoms with Gasteiger partial charge in [0.15, 0.2) is 12.2 Å². The molecule has 2 aromatic carbocycles. The van der Waals surface area contributed by atoms with Crippen LogP contribution in [0.15, 0.2) is 65.5 Å². The molecule has 0 aliphatic heterocycles. The standard InChI is InChI=1S/C25H29N3O6/c1-25(2,3)28(24(30)31)20(15-33-14-17-8-6-5-7-9-17)23(29)27-18-10-11-19(21(12-18)32-4)22-13-26-16-34-22/h5-13,16,20H,14-15H2,1-4H3,(H,27,29)(H,30,31). The lowest BCUT2D eigenvalue weighted by molar-refractivity contribution is -0.125. The smallest absolute Gasteiger partial charge is 0.408 e. The first-order valence-corrected chi connectivity index (χ1v) is 10.7. The van der Waals surface area contributed by atoms with Gasteiger partial charge in [-0.15, -0.1) is 0 Å². The second-order valence-corrected chi connectivity index (χ2v) is 8.61. The van der Waals surface area contributed by atoms with Crippen molar-refractivity contribution in [3.8, 4) is 17.1 Å². The molecule has 0 fully saturated rings. The minimum atomic E-state index is -1.21. The second kappa shape index (κ2) is 10.8. The molecule has 180 valence electrons. The molecule has 34 heavy (non-hydrogen) atoms. The van der Waals surface area contributed by atoms with Crippen molar-refractivity contribution in [1.29, 1.82) is 0 Å². The molecule has 0 aliphatic rings. The number of carbonyl (C=O) groups is 2. The normalized spacial score (nSPS) is 12.1. The third-order valence-corrected chi connectivity index (χ3v) is 5.10. The summed E-state index contributed by atoms with van der Waals surface area (Å²) >= 11 is 0. The van der Waals surface area contributed by atoms with Gasteiger partial charge in [-0.25, -0.2) is 9.78 Å². The maximum atomic E-state index is 13.3. The van der Waals surface area contributed by atoms with Crippen LogP contribution in [0.25, 0.3) is 11.3 Å². The van der Waals surface area contributed by atoms with Crippen LogP contribution in [-0.4, -0.2) is 52.3 Å². The average Bonchev–Trinajstić information content (AvgIpc) is 3.32. The summed E-state index contributed by atoms with van der Waals surface area (Å²) in [5.74, 6) is 0.476. The van der Waals surface area contributed by atoms with Crippen LogP contribution in [0.4, 0.5) is 10.5 Å². The second-order valence-electron chi connectivity index (χ2n) is 8.61. The molecule has 1 heterocycles. The minimum Gasteiger partial charge on any atom is -0.496 e. The largest absolute Gasteiger partial charge is 0.496 e. The molecule has 1 unspecified atom stereocenters. The van der Waals surface area contributed by atoms with Crippen LogP contribution in [0.3, 0.4) is 0 Å². The number of aromatic nitrogens is 1. The molecular formula is C25H29N3O6. The van der Waals surface area contributed by atoms with E-state index in [-0.39, 0.29) is 13.2 Å². The predicted octanol–water partition coefficient (Wildman–Crippen LogP) is 4.65. The van der Waals surface area contributed by atoms with Gasteiger partial charge in [-0.05, 0) is 38.5 Å². The number of hydrogen-bond acceptors (Lipinski definition) is 6. The SMILES string of the molecule is COc1cc(NC(=O)C(COCc2ccccc2)N(C(=O)O)C(C)(C)C)ccc1-c1cnco1. The van der Waals surface area contributed by atoms with Crippen LogP contribution in [-0.2, 0) is 16.1 Å². The van der Waals surface area contributed by atoms with Gasteiger partial charge in [0, 0.05) is 17.3 Å². The van der Waals surface area contributed by atoms with E-state index >= 15 is 0 Å². The molecule has 9 nitrogen and oxygen atoms in total. The first kappa shape index (κ1) is 24.8. The monoisotopic (exact) mass is 467 g/mol. The lowest BCUT2D eigenvalue weighted by atomic mass is 10.0. The fraction of sp³-hybridized carbons (Fsp3) is 0.320. The Bertz CT molecular complexity index is 1090. The molecule has 9 heteroatoms. The number of oxazole rings is 1. The van der Waals surface area contributed by atoms with Crippen LogP contribution >= 0.6 is 0 Å². The van der Waals surface area contributed by atoms with Crippen LogP contribution in [0, 0.1) is 0 Å². The number of rotatable bonds is 9. The Balaban J connectivity index is 1.81. The van der Waals surface area contributed by atoms with Gasteiger partial charge in [-0.2, -0.15) is 0 Å². The van der Waals surface area contributed by atoms with Crippen molar-refractivity contribution in [1.82, 2.24) is 9.88 Å². The summed E-state index contributed by atoms with van der Waals surface area (Å²) in [7, 11) is 1.51. The summed E-state index contributed by atoms with van der Waals surface area (Å²) in [5, 5.41) is 12.7. The fourth-order valence-corrected chi connectivity index (χ4v) is 3.56. The van der Waals surface area contributed by atoms with Crippen LogP contribution in [0.1, 0.15) is 26.3 Å². The van der Waals surface area contributed by atoms with Gasteiger partial charge < -0.3 is 24.3 Å². The third kappa shape index (κ3) is 6.14. The number of carboxylic acid groups (broad SMARTS) is 1. The fourth-order valence-electron chi connectivity index (χ4n) is 3.56. The number of methoxy groups -OCH3 is 1. The van der Waals surface area contributed by atoms with Crippen LogP contribution < -0.4 is 10.1 Å². The van der Waals surface area contributed by atoms with Crippen molar-refractivity contribution in [2.75, 3.05) is 19.0 Å². The molecule has 0 bridgehead atoms. The number of nitrogens with zero attached hydrogens (tertiary/aromatic N) is 2. The van der Waals surface area contributed by atoms with E-state index in [1.165, 1.54) is 13.5 Å². The Kier molecular flexibility index (Phi) is 7.91. The number of anilines is 1. The van der Waals surface area contributed by atoms with Crippen molar-refractivity contribution in [3.05, 3.63) is 66.7 Å². The zero-order valence-electron chi connectivity index (χ0n) is 19.6. The molecule has 0 aliphatic carbocycles. The summed E-state index contributed by atoms with van der Waals surface area (Å²) in [6.07, 6.45) is 1.66. The van der Waals surface area contributed by atoms with Gasteiger partial charge in [0.2, 0.25) is 5.91 Å². The number of carbonyl (C=O) groups excluding carboxylic acids is 1. The molecule has 0 saturated heterocycles. The van der Waals surface area contributed by atoms with E-state index in [9.17, 15) is 14.7 Å². The summed E-state index contributed by atoms with van der Waals surface area (Å²) in [6.45, 7) is 5.33. The van der Waals surface area contributed by atoms with Gasteiger partial charge in [-0.1, -0.05) is 30.3 Å². The molecule has 3 aromatic rings. The van der Waals surface area contributed by atoms with Crippen molar-refractivity contribution in [2.45, 2.75) is 39.0 Å². The summed E-state index contributed by atoms with van der Waals surface area (Å²) in [5.41, 5.74) is 1.20. The molecule has 1 atom stereocenters. The molecule has 0 saturated carbocycles. The highest BCUT2D eigenvalue weighted by molar-refractivity contribution is 5.97. The van der Waals surface area contributed by atoms with Crippen molar-refractivity contribution in [3.63, 3.8) is 0 Å². The van der Waals surface area contributed by atoms with Gasteiger partial charge in [0.25, 0.3) is 0 Å². The first-order chi connectivity index (χ1) is 16.2. The van der Waals surface area contributed by atoms with Gasteiger partial charge in [0.1, 0.15) is 11.8 Å². The molecule has 3 rings (SSSR count). The quantitative estimate of drug-likeness (QED) is 0.471. The minimum absolute atomic E-state index is 0.114. The van der Waals surface area contributed by atoms with Crippen LogP contribution in [0.5, 0.6) is 5.75 Å². The third-order valence-electron chi connectivity index (χ3n) is 5.10. The van der Waals surface area contributed by atoms with E-state index in [0.717, 1.165) is 10.5 Å². The number of hydrogen-bond donors (Lipinski definition) is 2. The summed E-state index contributed by atoms with van der Waals surface area (Å²) in [6, 6.07) is 13.4. The molecule has 0 radical (unpaired) electrons. The Morgan fingerprint density at radius 1 is 1.18 bits per heavy atom. The van der Waals surface area contributed by atoms with E-state index in [1.54, 1.807) is 45.2 Å². The Labute approximate surface area is 198 Å². The Hall–Kier alpha value is -3.85. The topological polar surface area (TPSA) is 114 Å². The molecule has 1 aromatic heterocycles. The number of amides is 2. The van der Waals surface area contributed by atoms with Gasteiger partial charge in [-0.3, -0.25) is 9.69 Å². The number of benzene rings is 2. The molecule has 2 N–H and O–H groups in total. The van der Waals surface area contributed by atoms with E-state index in [4.69, 9.17) is 13.9 Å². The number of ether oxygens (including phenoxy) is 2. The van der Waals surface area contributed by atoms with Crippen molar-refractivity contribution in [2.24, 2.45) is 0 Å². The predicted molar refractivity (Wildman–Crippen MR) is 127 cm³/mol. The Morgan fingerprint density at radius 3 is 2.50 bits per heavy atom. The van der Waals surface area contributed by atoms with E-state index < -0.39 is 23.6 Å². The molecular weight excluding hydrogens is 438 g/mol. The number of nitrogens with one attached hydrogen (secondary N) is 1. The Morgan fingerprint density at radius 2 is 1.91 bits per heavy atom. The summed E-state index contributed by atoms with van der Waals surface area (Å²) < 4.78 is 16.5. The summed E-state index contributed by atoms with van der Waals surface area (Å²) in [4.78, 5) is 30.4. The van der Waals surface area contributed by atoms with E-state index in [0.29, 0.717) is 22.8 Å².